The van der Waals surface area contributed by atoms with Crippen molar-refractivity contribution in [2.45, 2.75) is 30.1 Å². The van der Waals surface area contributed by atoms with Gasteiger partial charge in [-0.25, -0.2) is 13.1 Å². The van der Waals surface area contributed by atoms with Crippen molar-refractivity contribution in [1.29, 1.82) is 0 Å². The van der Waals surface area contributed by atoms with Gasteiger partial charge in [0.25, 0.3) is 0 Å². The van der Waals surface area contributed by atoms with E-state index in [1.807, 2.05) is 25.2 Å². The summed E-state index contributed by atoms with van der Waals surface area (Å²) in [6.07, 6.45) is 0.0767. The van der Waals surface area contributed by atoms with Crippen molar-refractivity contribution in [3.8, 4) is 0 Å². The Hall–Kier alpha value is -1.83. The van der Waals surface area contributed by atoms with Crippen LogP contribution in [0.1, 0.15) is 33.7 Å². The third-order valence-electron chi connectivity index (χ3n) is 5.89. The van der Waals surface area contributed by atoms with Gasteiger partial charge in [-0.3, -0.25) is 0 Å². The third kappa shape index (κ3) is 5.86. The van der Waals surface area contributed by atoms with Crippen molar-refractivity contribution in [3.63, 3.8) is 0 Å². The third-order valence-corrected chi connectivity index (χ3v) is 8.50. The number of nitrogens with zero attached hydrogens (tertiary/aromatic N) is 1. The molecule has 1 aliphatic rings. The summed E-state index contributed by atoms with van der Waals surface area (Å²) >= 11 is 12.7. The van der Waals surface area contributed by atoms with E-state index in [9.17, 15) is 13.0 Å². The van der Waals surface area contributed by atoms with Crippen molar-refractivity contribution >= 4 is 41.3 Å². The maximum Gasteiger partial charge on any atom is 0.510 e. The fourth-order valence-corrected chi connectivity index (χ4v) is 6.30. The van der Waals surface area contributed by atoms with E-state index >= 15 is 0 Å². The molecule has 34 heavy (non-hydrogen) atoms. The van der Waals surface area contributed by atoms with Gasteiger partial charge in [0.05, 0.1) is 4.90 Å². The van der Waals surface area contributed by atoms with E-state index in [2.05, 4.69) is 9.62 Å². The van der Waals surface area contributed by atoms with E-state index in [1.165, 1.54) is 0 Å². The molecule has 1 aliphatic heterocycles. The van der Waals surface area contributed by atoms with Crippen LogP contribution in [0.5, 0.6) is 0 Å². The molecule has 6 nitrogen and oxygen atoms in total. The minimum atomic E-state index is -3.71. The van der Waals surface area contributed by atoms with E-state index in [1.54, 1.807) is 42.5 Å². The molecule has 4 rings (SSSR count). The first-order valence-corrected chi connectivity index (χ1v) is 14.2. The lowest BCUT2D eigenvalue weighted by molar-refractivity contribution is 0.295. The largest absolute Gasteiger partial charge is 0.510 e. The lowest BCUT2D eigenvalue weighted by Crippen LogP contribution is -2.31. The Bertz CT molecular complexity index is 1320. The molecule has 0 saturated carbocycles. The summed E-state index contributed by atoms with van der Waals surface area (Å²) in [6.45, 7) is 1.62. The molecule has 2 atom stereocenters. The number of sulfonamides is 1. The maximum atomic E-state index is 12.8. The molecule has 0 fully saturated rings. The highest BCUT2D eigenvalue weighted by atomic mass is 35.5. The Balaban J connectivity index is 1.50. The molecule has 1 heterocycles. The summed E-state index contributed by atoms with van der Waals surface area (Å²) in [7, 11) is -3.93. The van der Waals surface area contributed by atoms with Crippen LogP contribution in [0, 0.1) is 0 Å². The Kier molecular flexibility index (Phi) is 7.75. The summed E-state index contributed by atoms with van der Waals surface area (Å²) < 4.78 is 39.2. The summed E-state index contributed by atoms with van der Waals surface area (Å²) in [5.74, 6) is 0.0299. The minimum absolute atomic E-state index is 0.0299. The lowest BCUT2D eigenvalue weighted by Gasteiger charge is -2.33. The number of rotatable bonds is 7. The first kappa shape index (κ1) is 25.3. The van der Waals surface area contributed by atoms with Crippen molar-refractivity contribution < 1.29 is 17.9 Å². The molecule has 2 unspecified atom stereocenters. The number of fused-ring (bicyclic) bond motifs is 1. The molecule has 10 heteroatoms. The van der Waals surface area contributed by atoms with Gasteiger partial charge in [0, 0.05) is 41.2 Å². The number of hydrogen-bond acceptors (Lipinski definition) is 4. The van der Waals surface area contributed by atoms with Crippen LogP contribution in [0.25, 0.3) is 0 Å². The minimum Gasteiger partial charge on any atom is -0.301 e. The summed E-state index contributed by atoms with van der Waals surface area (Å²) in [5.41, 5.74) is 4.58. The standard InChI is InChI=1S/C24H23Cl2N2O4PS/c1-28-13-22(21-10-19(25)11-24(26)23(21)14-28)18-6-8-20(9-7-18)34(31,32)27-12-16-2-4-17(5-3-16)15-33(29)30/h2-11,22,27H,12-15H2,1H3/p+1. The molecule has 0 saturated heterocycles. The zero-order valence-electron chi connectivity index (χ0n) is 18.4. The first-order chi connectivity index (χ1) is 16.1. The number of likely N-dealkylation sites (N-methyl/N-ethyl adjacent to an activating group) is 1. The van der Waals surface area contributed by atoms with Crippen LogP contribution in [0.2, 0.25) is 10.0 Å². The van der Waals surface area contributed by atoms with Crippen LogP contribution in [0.3, 0.4) is 0 Å². The summed E-state index contributed by atoms with van der Waals surface area (Å²) in [5, 5.41) is 1.22. The normalized spacial score (nSPS) is 16.8. The molecular weight excluding hydrogens is 514 g/mol. The van der Waals surface area contributed by atoms with Crippen LogP contribution in [0.4, 0.5) is 0 Å². The lowest BCUT2D eigenvalue weighted by atomic mass is 9.85. The fourth-order valence-electron chi connectivity index (χ4n) is 4.19. The summed E-state index contributed by atoms with van der Waals surface area (Å²) in [4.78, 5) is 11.4. The van der Waals surface area contributed by atoms with Crippen molar-refractivity contribution in [3.05, 3.63) is 98.5 Å². The smallest absolute Gasteiger partial charge is 0.301 e. The van der Waals surface area contributed by atoms with Gasteiger partial charge < -0.3 is 4.90 Å². The number of benzene rings is 3. The highest BCUT2D eigenvalue weighted by Gasteiger charge is 2.27. The molecule has 3 aromatic rings. The zero-order chi connectivity index (χ0) is 24.5. The second-order valence-electron chi connectivity index (χ2n) is 8.43. The highest BCUT2D eigenvalue weighted by molar-refractivity contribution is 7.89. The molecule has 0 radical (unpaired) electrons. The predicted octanol–water partition coefficient (Wildman–Crippen LogP) is 5.28. The quantitative estimate of drug-likeness (QED) is 0.400. The number of halogens is 2. The van der Waals surface area contributed by atoms with E-state index in [4.69, 9.17) is 28.1 Å². The van der Waals surface area contributed by atoms with Crippen LogP contribution < -0.4 is 4.72 Å². The second kappa shape index (κ2) is 10.4. The summed E-state index contributed by atoms with van der Waals surface area (Å²) in [6, 6.07) is 17.5. The van der Waals surface area contributed by atoms with Crippen LogP contribution in [0.15, 0.2) is 65.6 Å². The van der Waals surface area contributed by atoms with E-state index < -0.39 is 18.1 Å². The molecule has 0 bridgehead atoms. The molecule has 3 aromatic carbocycles. The van der Waals surface area contributed by atoms with Crippen molar-refractivity contribution in [2.75, 3.05) is 13.6 Å². The van der Waals surface area contributed by atoms with Gasteiger partial charge >= 0.3 is 8.03 Å². The van der Waals surface area contributed by atoms with E-state index in [0.29, 0.717) is 10.0 Å². The highest BCUT2D eigenvalue weighted by Crippen LogP contribution is 2.38. The number of nitrogens with one attached hydrogen (secondary N) is 1. The number of hydrogen-bond donors (Lipinski definition) is 2. The van der Waals surface area contributed by atoms with Gasteiger partial charge in [0.15, 0.2) is 0 Å². The van der Waals surface area contributed by atoms with Crippen molar-refractivity contribution in [1.82, 2.24) is 9.62 Å². The first-order valence-electron chi connectivity index (χ1n) is 10.6. The fraction of sp³-hybridized carbons (Fsp3) is 0.250. The maximum absolute atomic E-state index is 12.8. The topological polar surface area (TPSA) is 86.7 Å². The molecule has 178 valence electrons. The van der Waals surface area contributed by atoms with Crippen LogP contribution in [-0.4, -0.2) is 31.8 Å². The monoisotopic (exact) mass is 537 g/mol. The van der Waals surface area contributed by atoms with Crippen LogP contribution >= 0.6 is 31.2 Å². The molecule has 0 aliphatic carbocycles. The molecule has 2 N–H and O–H groups in total. The average molecular weight is 538 g/mol. The molecule has 0 aromatic heterocycles. The van der Waals surface area contributed by atoms with Gasteiger partial charge in [-0.1, -0.05) is 59.6 Å². The van der Waals surface area contributed by atoms with Crippen LogP contribution in [-0.2, 0) is 33.8 Å². The Morgan fingerprint density at radius 1 is 1.06 bits per heavy atom. The van der Waals surface area contributed by atoms with E-state index in [0.717, 1.165) is 40.9 Å². The predicted molar refractivity (Wildman–Crippen MR) is 135 cm³/mol. The van der Waals surface area contributed by atoms with Gasteiger partial charge in [-0.15, -0.1) is 0 Å². The Morgan fingerprint density at radius 3 is 2.35 bits per heavy atom. The van der Waals surface area contributed by atoms with Gasteiger partial charge in [0.1, 0.15) is 0 Å². The van der Waals surface area contributed by atoms with Gasteiger partial charge in [0.2, 0.25) is 16.2 Å². The van der Waals surface area contributed by atoms with E-state index in [-0.39, 0.29) is 23.5 Å². The van der Waals surface area contributed by atoms with Gasteiger partial charge in [-0.05, 0) is 58.1 Å². The average Bonchev–Trinajstić information content (AvgIpc) is 2.78. The molecular formula is C24H24Cl2N2O4PS+. The SMILES string of the molecule is CN1Cc2c(Cl)cc(Cl)cc2C(c2ccc(S(=O)(=O)NCc3ccc(C[P+](=O)O)cc3)cc2)C1. The van der Waals surface area contributed by atoms with Crippen molar-refractivity contribution in [2.24, 2.45) is 0 Å². The zero-order valence-corrected chi connectivity index (χ0v) is 21.6. The van der Waals surface area contributed by atoms with Gasteiger partial charge in [-0.2, -0.15) is 4.89 Å². The Labute approximate surface area is 210 Å². The molecule has 0 amide bonds. The Morgan fingerprint density at radius 2 is 1.71 bits per heavy atom. The molecule has 0 spiro atoms. The second-order valence-corrected chi connectivity index (χ2v) is 12.1.